The number of hydrogen-bond acceptors (Lipinski definition) is 1. The van der Waals surface area contributed by atoms with Crippen LogP contribution < -0.4 is 0 Å². The highest BCUT2D eigenvalue weighted by Crippen LogP contribution is 2.26. The fraction of sp³-hybridized carbons (Fsp3) is 0.167. The topological polar surface area (TPSA) is 17.8 Å². The molecular weight excluding hydrogens is 244 g/mol. The number of imidazole rings is 1. The second kappa shape index (κ2) is 4.34. The molecule has 98 valence electrons. The Balaban J connectivity index is 1.74. The highest BCUT2D eigenvalue weighted by molar-refractivity contribution is 5.59. The van der Waals surface area contributed by atoms with E-state index in [1.54, 1.807) is 0 Å². The van der Waals surface area contributed by atoms with Crippen LogP contribution in [0.4, 0.5) is 0 Å². The van der Waals surface area contributed by atoms with Crippen molar-refractivity contribution in [3.63, 3.8) is 0 Å². The van der Waals surface area contributed by atoms with Crippen molar-refractivity contribution >= 4 is 0 Å². The van der Waals surface area contributed by atoms with E-state index >= 15 is 0 Å². The first kappa shape index (κ1) is 11.5. The van der Waals surface area contributed by atoms with Crippen LogP contribution >= 0.6 is 0 Å². The van der Waals surface area contributed by atoms with Gasteiger partial charge < -0.3 is 4.57 Å². The average molecular weight is 260 g/mol. The first-order chi connectivity index (χ1) is 9.79. The molecule has 0 atom stereocenters. The number of benzene rings is 2. The lowest BCUT2D eigenvalue weighted by atomic mass is 10.0. The highest BCUT2D eigenvalue weighted by atomic mass is 15.1. The predicted molar refractivity (Wildman–Crippen MR) is 80.8 cm³/mol. The zero-order chi connectivity index (χ0) is 13.5. The van der Waals surface area contributed by atoms with E-state index in [0.29, 0.717) is 0 Å². The van der Waals surface area contributed by atoms with Crippen molar-refractivity contribution in [3.8, 4) is 11.3 Å². The van der Waals surface area contributed by atoms with Crippen molar-refractivity contribution in [2.75, 3.05) is 0 Å². The molecule has 2 aromatic carbocycles. The molecule has 4 rings (SSSR count). The lowest BCUT2D eigenvalue weighted by Gasteiger charge is -2.17. The predicted octanol–water partition coefficient (Wildman–Crippen LogP) is 3.81. The van der Waals surface area contributed by atoms with E-state index in [1.807, 2.05) is 0 Å². The van der Waals surface area contributed by atoms with Crippen LogP contribution in [0.3, 0.4) is 0 Å². The normalized spacial score (nSPS) is 12.8. The summed E-state index contributed by atoms with van der Waals surface area (Å²) in [4.78, 5) is 4.81. The lowest BCUT2D eigenvalue weighted by molar-refractivity contribution is 0.701. The molecule has 0 fully saturated rings. The maximum atomic E-state index is 4.81. The number of fused-ring (bicyclic) bond motifs is 2. The minimum atomic E-state index is 0.933. The highest BCUT2D eigenvalue weighted by Gasteiger charge is 2.17. The average Bonchev–Trinajstić information content (AvgIpc) is 2.88. The van der Waals surface area contributed by atoms with Gasteiger partial charge in [0.15, 0.2) is 0 Å². The van der Waals surface area contributed by atoms with Crippen LogP contribution in [0.25, 0.3) is 11.3 Å². The summed E-state index contributed by atoms with van der Waals surface area (Å²) in [5.41, 5.74) is 6.37. The molecule has 1 aliphatic heterocycles. The first-order valence-electron chi connectivity index (χ1n) is 6.99. The molecule has 3 aromatic rings. The van der Waals surface area contributed by atoms with Gasteiger partial charge in [0, 0.05) is 24.7 Å². The van der Waals surface area contributed by atoms with Gasteiger partial charge in [0.25, 0.3) is 0 Å². The third kappa shape index (κ3) is 1.85. The van der Waals surface area contributed by atoms with Crippen LogP contribution in [-0.2, 0) is 13.0 Å². The molecule has 0 spiro atoms. The van der Waals surface area contributed by atoms with Crippen LogP contribution in [0.15, 0.2) is 54.7 Å². The molecule has 0 saturated heterocycles. The van der Waals surface area contributed by atoms with E-state index in [0.717, 1.165) is 18.7 Å². The zero-order valence-electron chi connectivity index (χ0n) is 11.5. The summed E-state index contributed by atoms with van der Waals surface area (Å²) in [7, 11) is 0. The fourth-order valence-electron chi connectivity index (χ4n) is 2.83. The van der Waals surface area contributed by atoms with Gasteiger partial charge in [-0.1, -0.05) is 54.1 Å². The zero-order valence-corrected chi connectivity index (χ0v) is 11.5. The minimum absolute atomic E-state index is 0.933. The van der Waals surface area contributed by atoms with Crippen molar-refractivity contribution < 1.29 is 0 Å². The number of aromatic nitrogens is 2. The summed E-state index contributed by atoms with van der Waals surface area (Å²) >= 11 is 0. The second-order valence-corrected chi connectivity index (χ2v) is 5.48. The molecular formula is C18H16N2. The molecule has 0 unspecified atom stereocenters. The Bertz CT molecular complexity index is 724. The summed E-state index contributed by atoms with van der Waals surface area (Å²) in [6, 6.07) is 17.2. The monoisotopic (exact) mass is 260 g/mol. The van der Waals surface area contributed by atoms with Gasteiger partial charge in [-0.05, 0) is 18.1 Å². The van der Waals surface area contributed by atoms with Crippen LogP contribution in [0.5, 0.6) is 0 Å². The molecule has 2 heteroatoms. The van der Waals surface area contributed by atoms with E-state index in [1.165, 1.54) is 28.1 Å². The van der Waals surface area contributed by atoms with Gasteiger partial charge in [-0.2, -0.15) is 0 Å². The molecule has 0 aliphatic carbocycles. The van der Waals surface area contributed by atoms with Crippen LogP contribution in [0.1, 0.15) is 22.5 Å². The van der Waals surface area contributed by atoms with Crippen molar-refractivity contribution in [1.29, 1.82) is 0 Å². The summed E-state index contributed by atoms with van der Waals surface area (Å²) in [5.74, 6) is 1.17. The lowest BCUT2D eigenvalue weighted by Crippen LogP contribution is -2.13. The Hall–Kier alpha value is -2.35. The minimum Gasteiger partial charge on any atom is -0.330 e. The Morgan fingerprint density at radius 3 is 2.50 bits per heavy atom. The standard InChI is InChI=1S/C18H16N2/c1-13-6-8-14(9-7-13)17-12-20-11-16-5-3-2-4-15(16)10-18(20)19-17/h2-9,12H,10-11H2,1H3. The quantitative estimate of drug-likeness (QED) is 0.509. The fourth-order valence-corrected chi connectivity index (χ4v) is 2.83. The number of hydrogen-bond donors (Lipinski definition) is 0. The van der Waals surface area contributed by atoms with E-state index in [4.69, 9.17) is 4.98 Å². The largest absolute Gasteiger partial charge is 0.330 e. The van der Waals surface area contributed by atoms with Crippen molar-refractivity contribution in [3.05, 3.63) is 77.2 Å². The second-order valence-electron chi connectivity index (χ2n) is 5.48. The SMILES string of the molecule is Cc1ccc(-c2cn3c(n2)Cc2ccccc2C3)cc1. The third-order valence-electron chi connectivity index (χ3n) is 4.01. The molecule has 1 aliphatic rings. The molecule has 0 radical (unpaired) electrons. The molecule has 0 amide bonds. The Labute approximate surface area is 118 Å². The van der Waals surface area contributed by atoms with E-state index in [2.05, 4.69) is 66.2 Å². The molecule has 20 heavy (non-hydrogen) atoms. The molecule has 1 aromatic heterocycles. The number of rotatable bonds is 1. The van der Waals surface area contributed by atoms with Gasteiger partial charge in [-0.3, -0.25) is 0 Å². The molecule has 0 saturated carbocycles. The van der Waals surface area contributed by atoms with Gasteiger partial charge >= 0.3 is 0 Å². The van der Waals surface area contributed by atoms with E-state index in [-0.39, 0.29) is 0 Å². The Morgan fingerprint density at radius 1 is 0.950 bits per heavy atom. The number of aryl methyl sites for hydroxylation is 1. The van der Waals surface area contributed by atoms with Gasteiger partial charge in [0.2, 0.25) is 0 Å². The Morgan fingerprint density at radius 2 is 1.70 bits per heavy atom. The van der Waals surface area contributed by atoms with Crippen molar-refractivity contribution in [2.45, 2.75) is 19.9 Å². The maximum absolute atomic E-state index is 4.81. The van der Waals surface area contributed by atoms with E-state index < -0.39 is 0 Å². The van der Waals surface area contributed by atoms with Crippen LogP contribution in [-0.4, -0.2) is 9.55 Å². The molecule has 0 bridgehead atoms. The van der Waals surface area contributed by atoms with Gasteiger partial charge in [-0.25, -0.2) is 4.98 Å². The summed E-state index contributed by atoms with van der Waals surface area (Å²) in [6.07, 6.45) is 3.11. The van der Waals surface area contributed by atoms with Crippen molar-refractivity contribution in [1.82, 2.24) is 9.55 Å². The summed E-state index contributed by atoms with van der Waals surface area (Å²) in [6.45, 7) is 3.04. The summed E-state index contributed by atoms with van der Waals surface area (Å²) < 4.78 is 2.28. The molecule has 0 N–H and O–H groups in total. The number of nitrogens with zero attached hydrogens (tertiary/aromatic N) is 2. The maximum Gasteiger partial charge on any atom is 0.114 e. The van der Waals surface area contributed by atoms with Gasteiger partial charge in [-0.15, -0.1) is 0 Å². The third-order valence-corrected chi connectivity index (χ3v) is 4.01. The summed E-state index contributed by atoms with van der Waals surface area (Å²) in [5, 5.41) is 0. The molecule has 2 nitrogen and oxygen atoms in total. The van der Waals surface area contributed by atoms with E-state index in [9.17, 15) is 0 Å². The Kier molecular flexibility index (Phi) is 2.49. The molecule has 2 heterocycles. The first-order valence-corrected chi connectivity index (χ1v) is 6.99. The van der Waals surface area contributed by atoms with Gasteiger partial charge in [0.05, 0.1) is 5.69 Å². The smallest absolute Gasteiger partial charge is 0.114 e. The van der Waals surface area contributed by atoms with Crippen molar-refractivity contribution in [2.24, 2.45) is 0 Å². The van der Waals surface area contributed by atoms with Crippen LogP contribution in [0, 0.1) is 6.92 Å². The van der Waals surface area contributed by atoms with Gasteiger partial charge in [0.1, 0.15) is 5.82 Å². The van der Waals surface area contributed by atoms with Crippen LogP contribution in [0.2, 0.25) is 0 Å².